The van der Waals surface area contributed by atoms with E-state index in [1.807, 2.05) is 12.1 Å². The number of aliphatic carboxylic acids is 1. The number of nitrogens with one attached hydrogen (secondary N) is 1. The van der Waals surface area contributed by atoms with Gasteiger partial charge in [-0.2, -0.15) is 0 Å². The van der Waals surface area contributed by atoms with Crippen LogP contribution in [-0.4, -0.2) is 22.5 Å². The minimum atomic E-state index is -1.27. The lowest BCUT2D eigenvalue weighted by molar-refractivity contribution is -0.143. The number of carbonyl (C=O) groups excluding carboxylic acids is 1. The van der Waals surface area contributed by atoms with E-state index in [1.54, 1.807) is 12.1 Å². The first-order valence-electron chi connectivity index (χ1n) is 5.90. The number of benzene rings is 1. The molecule has 1 amide bonds. The molecule has 98 valence electrons. The van der Waals surface area contributed by atoms with Gasteiger partial charge >= 0.3 is 5.97 Å². The lowest BCUT2D eigenvalue weighted by atomic mass is 10.0. The topological polar surface area (TPSA) is 66.4 Å². The fraction of sp³-hybridized carbons (Fsp3) is 0.429. The van der Waals surface area contributed by atoms with Crippen LogP contribution in [-0.2, 0) is 4.79 Å². The van der Waals surface area contributed by atoms with Gasteiger partial charge in [0.05, 0.1) is 0 Å². The Bertz CT molecular complexity index is 447. The Morgan fingerprint density at radius 1 is 1.17 bits per heavy atom. The van der Waals surface area contributed by atoms with Crippen LogP contribution in [0.15, 0.2) is 24.3 Å². The van der Waals surface area contributed by atoms with Crippen LogP contribution in [0, 0.1) is 0 Å². The van der Waals surface area contributed by atoms with Crippen LogP contribution in [0.3, 0.4) is 0 Å². The van der Waals surface area contributed by atoms with Crippen LogP contribution in [0.1, 0.15) is 49.5 Å². The van der Waals surface area contributed by atoms with Gasteiger partial charge in [0.1, 0.15) is 5.54 Å². The van der Waals surface area contributed by atoms with Crippen LogP contribution in [0.4, 0.5) is 0 Å². The number of hydrogen-bond donors (Lipinski definition) is 2. The van der Waals surface area contributed by atoms with E-state index in [0.29, 0.717) is 11.5 Å². The minimum Gasteiger partial charge on any atom is -0.480 e. The van der Waals surface area contributed by atoms with Gasteiger partial charge in [0.25, 0.3) is 5.91 Å². The molecule has 0 aliphatic heterocycles. The minimum absolute atomic E-state index is 0.377. The monoisotopic (exact) mass is 249 g/mol. The van der Waals surface area contributed by atoms with Gasteiger partial charge in [-0.05, 0) is 37.5 Å². The molecule has 1 aromatic carbocycles. The van der Waals surface area contributed by atoms with Crippen LogP contribution < -0.4 is 5.32 Å². The number of hydrogen-bond acceptors (Lipinski definition) is 2. The summed E-state index contributed by atoms with van der Waals surface area (Å²) in [5.41, 5.74) is 0.339. The summed E-state index contributed by atoms with van der Waals surface area (Å²) in [6.45, 7) is 7.05. The van der Waals surface area contributed by atoms with Gasteiger partial charge in [-0.1, -0.05) is 26.0 Å². The summed E-state index contributed by atoms with van der Waals surface area (Å²) in [5.74, 6) is -1.04. The highest BCUT2D eigenvalue weighted by molar-refractivity contribution is 5.97. The largest absolute Gasteiger partial charge is 0.480 e. The molecular weight excluding hydrogens is 230 g/mol. The summed E-state index contributed by atoms with van der Waals surface area (Å²) in [7, 11) is 0. The van der Waals surface area contributed by atoms with Crippen molar-refractivity contribution in [2.45, 2.75) is 39.2 Å². The second kappa shape index (κ2) is 5.21. The first-order chi connectivity index (χ1) is 8.24. The number of carbonyl (C=O) groups is 2. The third-order valence-corrected chi connectivity index (χ3v) is 2.80. The van der Waals surface area contributed by atoms with Crippen molar-refractivity contribution in [2.75, 3.05) is 0 Å². The van der Waals surface area contributed by atoms with E-state index < -0.39 is 11.5 Å². The molecule has 0 spiro atoms. The second-order valence-corrected chi connectivity index (χ2v) is 5.16. The zero-order valence-corrected chi connectivity index (χ0v) is 11.2. The standard InChI is InChI=1S/C14H19NO3/c1-9(2)10-5-7-11(8-6-10)12(16)15-14(3,4)13(17)18/h5-9H,1-4H3,(H,15,16)(H,17,18). The summed E-state index contributed by atoms with van der Waals surface area (Å²) < 4.78 is 0. The SMILES string of the molecule is CC(C)c1ccc(C(=O)NC(C)(C)C(=O)O)cc1. The fourth-order valence-electron chi connectivity index (χ4n) is 1.43. The highest BCUT2D eigenvalue weighted by Crippen LogP contribution is 2.15. The summed E-state index contributed by atoms with van der Waals surface area (Å²) in [4.78, 5) is 22.8. The molecule has 2 N–H and O–H groups in total. The molecule has 0 heterocycles. The van der Waals surface area contributed by atoms with Gasteiger partial charge < -0.3 is 10.4 Å². The average molecular weight is 249 g/mol. The normalized spacial score (nSPS) is 11.4. The van der Waals surface area contributed by atoms with E-state index in [2.05, 4.69) is 19.2 Å². The molecule has 0 aliphatic carbocycles. The van der Waals surface area contributed by atoms with Gasteiger partial charge in [0.2, 0.25) is 0 Å². The van der Waals surface area contributed by atoms with Crippen molar-refractivity contribution in [3.05, 3.63) is 35.4 Å². The third kappa shape index (κ3) is 3.32. The number of carboxylic acids is 1. The highest BCUT2D eigenvalue weighted by Gasteiger charge is 2.29. The number of rotatable bonds is 4. The van der Waals surface area contributed by atoms with Crippen LogP contribution >= 0.6 is 0 Å². The van der Waals surface area contributed by atoms with Gasteiger partial charge in [0, 0.05) is 5.56 Å². The molecule has 0 saturated carbocycles. The van der Waals surface area contributed by atoms with Gasteiger partial charge in [-0.25, -0.2) is 4.79 Å². The van der Waals surface area contributed by atoms with Crippen molar-refractivity contribution in [3.63, 3.8) is 0 Å². The molecule has 0 aromatic heterocycles. The Hall–Kier alpha value is -1.84. The summed E-state index contributed by atoms with van der Waals surface area (Å²) in [6, 6.07) is 7.19. The van der Waals surface area contributed by atoms with Crippen molar-refractivity contribution in [3.8, 4) is 0 Å². The maximum Gasteiger partial charge on any atom is 0.328 e. The third-order valence-electron chi connectivity index (χ3n) is 2.80. The molecule has 0 bridgehead atoms. The Kier molecular flexibility index (Phi) is 4.11. The van der Waals surface area contributed by atoms with E-state index >= 15 is 0 Å². The molecule has 0 radical (unpaired) electrons. The number of amides is 1. The maximum absolute atomic E-state index is 11.9. The molecule has 1 aromatic rings. The van der Waals surface area contributed by atoms with E-state index in [9.17, 15) is 9.59 Å². The van der Waals surface area contributed by atoms with Crippen molar-refractivity contribution in [2.24, 2.45) is 0 Å². The molecule has 0 fully saturated rings. The molecule has 18 heavy (non-hydrogen) atoms. The lowest BCUT2D eigenvalue weighted by Gasteiger charge is -2.21. The quantitative estimate of drug-likeness (QED) is 0.861. The maximum atomic E-state index is 11.9. The smallest absolute Gasteiger partial charge is 0.328 e. The second-order valence-electron chi connectivity index (χ2n) is 5.16. The molecule has 0 atom stereocenters. The Morgan fingerprint density at radius 2 is 1.67 bits per heavy atom. The number of carboxylic acid groups (broad SMARTS) is 1. The molecule has 0 aliphatic rings. The molecule has 0 unspecified atom stereocenters. The molecule has 1 rings (SSSR count). The van der Waals surface area contributed by atoms with Gasteiger partial charge in [-0.3, -0.25) is 4.79 Å². The Labute approximate surface area is 107 Å². The van der Waals surface area contributed by atoms with Crippen molar-refractivity contribution in [1.82, 2.24) is 5.32 Å². The summed E-state index contributed by atoms with van der Waals surface area (Å²) >= 11 is 0. The average Bonchev–Trinajstić information content (AvgIpc) is 2.28. The first kappa shape index (κ1) is 14.2. The molecule has 4 heteroatoms. The van der Waals surface area contributed by atoms with E-state index in [-0.39, 0.29) is 5.91 Å². The van der Waals surface area contributed by atoms with E-state index in [1.165, 1.54) is 13.8 Å². The van der Waals surface area contributed by atoms with Gasteiger partial charge in [-0.15, -0.1) is 0 Å². The zero-order valence-electron chi connectivity index (χ0n) is 11.2. The molecule has 4 nitrogen and oxygen atoms in total. The molecular formula is C14H19NO3. The lowest BCUT2D eigenvalue weighted by Crippen LogP contribution is -2.49. The van der Waals surface area contributed by atoms with Crippen molar-refractivity contribution < 1.29 is 14.7 Å². The Morgan fingerprint density at radius 3 is 2.06 bits per heavy atom. The van der Waals surface area contributed by atoms with Crippen LogP contribution in [0.25, 0.3) is 0 Å². The highest BCUT2D eigenvalue weighted by atomic mass is 16.4. The fourth-order valence-corrected chi connectivity index (χ4v) is 1.43. The Balaban J connectivity index is 2.82. The summed E-state index contributed by atoms with van der Waals surface area (Å²) in [6.07, 6.45) is 0. The van der Waals surface area contributed by atoms with Crippen LogP contribution in [0.5, 0.6) is 0 Å². The predicted octanol–water partition coefficient (Wildman–Crippen LogP) is 2.40. The molecule has 0 saturated heterocycles. The zero-order chi connectivity index (χ0) is 13.9. The van der Waals surface area contributed by atoms with E-state index in [4.69, 9.17) is 5.11 Å². The van der Waals surface area contributed by atoms with Crippen LogP contribution in [0.2, 0.25) is 0 Å². The van der Waals surface area contributed by atoms with Gasteiger partial charge in [0.15, 0.2) is 0 Å². The summed E-state index contributed by atoms with van der Waals surface area (Å²) in [5, 5.41) is 11.4. The van der Waals surface area contributed by atoms with E-state index in [0.717, 1.165) is 5.56 Å². The first-order valence-corrected chi connectivity index (χ1v) is 5.90. The predicted molar refractivity (Wildman–Crippen MR) is 69.7 cm³/mol. The van der Waals surface area contributed by atoms with Crippen molar-refractivity contribution in [1.29, 1.82) is 0 Å². The van der Waals surface area contributed by atoms with Crippen molar-refractivity contribution >= 4 is 11.9 Å².